The minimum Gasteiger partial charge on any atom is -0.496 e. The highest BCUT2D eigenvalue weighted by Gasteiger charge is 2.21. The third kappa shape index (κ3) is 6.55. The number of rotatable bonds is 6. The molecule has 1 N–H and O–H groups in total. The summed E-state index contributed by atoms with van der Waals surface area (Å²) in [7, 11) is 1.73. The Balaban J connectivity index is 0.00000312. The van der Waals surface area contributed by atoms with Gasteiger partial charge in [0.1, 0.15) is 5.75 Å². The summed E-state index contributed by atoms with van der Waals surface area (Å²) in [6, 6.07) is 8.24. The smallest absolute Gasteiger partial charge is 0.193 e. The second-order valence-electron chi connectivity index (χ2n) is 6.18. The molecule has 0 aromatic heterocycles. The number of halogens is 1. The Hall–Kier alpha value is -0.630. The molecule has 25 heavy (non-hydrogen) atoms. The number of hydrogen-bond donors (Lipinski definition) is 1. The molecule has 0 saturated carbocycles. The number of ether oxygens (including phenoxy) is 1. The molecule has 142 valence electrons. The van der Waals surface area contributed by atoms with Crippen molar-refractivity contribution in [3.05, 3.63) is 29.8 Å². The Morgan fingerprint density at radius 1 is 1.40 bits per heavy atom. The van der Waals surface area contributed by atoms with E-state index in [9.17, 15) is 0 Å². The van der Waals surface area contributed by atoms with Gasteiger partial charge in [0.15, 0.2) is 5.96 Å². The zero-order valence-corrected chi connectivity index (χ0v) is 19.0. The van der Waals surface area contributed by atoms with E-state index in [1.807, 2.05) is 12.1 Å². The highest BCUT2D eigenvalue weighted by molar-refractivity contribution is 14.0. The van der Waals surface area contributed by atoms with E-state index < -0.39 is 0 Å². The predicted molar refractivity (Wildman–Crippen MR) is 121 cm³/mol. The molecule has 1 aromatic rings. The van der Waals surface area contributed by atoms with E-state index in [0.29, 0.717) is 11.2 Å². The van der Waals surface area contributed by atoms with E-state index in [1.165, 1.54) is 17.7 Å². The van der Waals surface area contributed by atoms with Crippen LogP contribution in [0.5, 0.6) is 5.75 Å². The van der Waals surface area contributed by atoms with Crippen molar-refractivity contribution in [2.24, 2.45) is 4.99 Å². The fourth-order valence-electron chi connectivity index (χ4n) is 2.98. The van der Waals surface area contributed by atoms with Crippen LogP contribution < -0.4 is 10.1 Å². The number of benzene rings is 1. The molecule has 4 nitrogen and oxygen atoms in total. The highest BCUT2D eigenvalue weighted by atomic mass is 127. The first kappa shape index (κ1) is 22.4. The number of hydrogen-bond acceptors (Lipinski definition) is 3. The molecule has 0 amide bonds. The Morgan fingerprint density at radius 3 is 2.84 bits per heavy atom. The topological polar surface area (TPSA) is 36.9 Å². The standard InChI is InChI=1S/C19H31N3OS.HI/c1-5-16-14-22(11-12-24-16)19(20-6-2)21-13-15(3)17-9-7-8-10-18(17)23-4;/h7-10,15-16H,5-6,11-14H2,1-4H3,(H,20,21);1H. The summed E-state index contributed by atoms with van der Waals surface area (Å²) in [5, 5.41) is 4.18. The minimum atomic E-state index is 0. The van der Waals surface area contributed by atoms with Crippen LogP contribution in [0, 0.1) is 0 Å². The van der Waals surface area contributed by atoms with Crippen molar-refractivity contribution in [1.82, 2.24) is 10.2 Å². The molecule has 1 aromatic carbocycles. The predicted octanol–water partition coefficient (Wildman–Crippen LogP) is 4.21. The van der Waals surface area contributed by atoms with Gasteiger partial charge in [0, 0.05) is 43.1 Å². The molecule has 2 unspecified atom stereocenters. The Kier molecular flexibility index (Phi) is 10.7. The monoisotopic (exact) mass is 477 g/mol. The van der Waals surface area contributed by atoms with Crippen LogP contribution in [-0.2, 0) is 0 Å². The molecule has 0 aliphatic carbocycles. The lowest BCUT2D eigenvalue weighted by Crippen LogP contribution is -2.48. The van der Waals surface area contributed by atoms with Crippen LogP contribution in [0.3, 0.4) is 0 Å². The fourth-order valence-corrected chi connectivity index (χ4v) is 4.16. The molecule has 1 saturated heterocycles. The molecule has 0 spiro atoms. The van der Waals surface area contributed by atoms with Crippen LogP contribution in [0.25, 0.3) is 0 Å². The Bertz CT molecular complexity index is 541. The van der Waals surface area contributed by atoms with Gasteiger partial charge in [-0.05, 0) is 25.0 Å². The molecule has 0 bridgehead atoms. The summed E-state index contributed by atoms with van der Waals surface area (Å²) < 4.78 is 5.49. The van der Waals surface area contributed by atoms with Gasteiger partial charge in [0.2, 0.25) is 0 Å². The third-order valence-corrected chi connectivity index (χ3v) is 5.79. The molecular formula is C19H32IN3OS. The van der Waals surface area contributed by atoms with E-state index in [1.54, 1.807) is 7.11 Å². The summed E-state index contributed by atoms with van der Waals surface area (Å²) in [5.74, 6) is 3.52. The maximum absolute atomic E-state index is 5.49. The molecule has 1 aliphatic rings. The van der Waals surface area contributed by atoms with E-state index in [2.05, 4.69) is 54.9 Å². The lowest BCUT2D eigenvalue weighted by Gasteiger charge is -2.34. The fraction of sp³-hybridized carbons (Fsp3) is 0.632. The van der Waals surface area contributed by atoms with Gasteiger partial charge < -0.3 is 15.0 Å². The van der Waals surface area contributed by atoms with Gasteiger partial charge >= 0.3 is 0 Å². The van der Waals surface area contributed by atoms with Gasteiger partial charge in [-0.3, -0.25) is 4.99 Å². The number of thioether (sulfide) groups is 1. The number of nitrogens with one attached hydrogen (secondary N) is 1. The van der Waals surface area contributed by atoms with E-state index in [0.717, 1.165) is 37.9 Å². The number of guanidine groups is 1. The third-order valence-electron chi connectivity index (χ3n) is 4.41. The summed E-state index contributed by atoms with van der Waals surface area (Å²) in [6.07, 6.45) is 1.22. The molecule has 1 heterocycles. The van der Waals surface area contributed by atoms with Gasteiger partial charge in [-0.1, -0.05) is 32.0 Å². The first-order chi connectivity index (χ1) is 11.7. The minimum absolute atomic E-state index is 0. The van der Waals surface area contributed by atoms with Crippen LogP contribution in [0.2, 0.25) is 0 Å². The second kappa shape index (κ2) is 11.9. The number of para-hydroxylation sites is 1. The lowest BCUT2D eigenvalue weighted by atomic mass is 10.0. The summed E-state index contributed by atoms with van der Waals surface area (Å²) in [4.78, 5) is 7.34. The van der Waals surface area contributed by atoms with Crippen molar-refractivity contribution in [1.29, 1.82) is 0 Å². The van der Waals surface area contributed by atoms with E-state index in [-0.39, 0.29) is 24.0 Å². The quantitative estimate of drug-likeness (QED) is 0.379. The van der Waals surface area contributed by atoms with Gasteiger partial charge in [-0.25, -0.2) is 0 Å². The number of aliphatic imine (C=N–C) groups is 1. The SMILES string of the molecule is CCNC(=NCC(C)c1ccccc1OC)N1CCSC(CC)C1.I. The average Bonchev–Trinajstić information content (AvgIpc) is 2.64. The van der Waals surface area contributed by atoms with E-state index in [4.69, 9.17) is 9.73 Å². The zero-order valence-electron chi connectivity index (χ0n) is 15.8. The zero-order chi connectivity index (χ0) is 17.4. The Morgan fingerprint density at radius 2 is 2.16 bits per heavy atom. The molecule has 2 rings (SSSR count). The van der Waals surface area contributed by atoms with Crippen molar-refractivity contribution < 1.29 is 4.74 Å². The van der Waals surface area contributed by atoms with Crippen molar-refractivity contribution in [2.75, 3.05) is 39.0 Å². The van der Waals surface area contributed by atoms with Crippen LogP contribution in [0.15, 0.2) is 29.3 Å². The van der Waals surface area contributed by atoms with Crippen molar-refractivity contribution >= 4 is 41.7 Å². The van der Waals surface area contributed by atoms with Crippen LogP contribution in [0.4, 0.5) is 0 Å². The van der Waals surface area contributed by atoms with Crippen molar-refractivity contribution in [3.8, 4) is 5.75 Å². The molecule has 1 fully saturated rings. The summed E-state index contributed by atoms with van der Waals surface area (Å²) in [5.41, 5.74) is 1.22. The maximum atomic E-state index is 5.49. The van der Waals surface area contributed by atoms with Crippen LogP contribution in [0.1, 0.15) is 38.7 Å². The first-order valence-electron chi connectivity index (χ1n) is 8.97. The first-order valence-corrected chi connectivity index (χ1v) is 10.0. The Labute approximate surface area is 174 Å². The van der Waals surface area contributed by atoms with Crippen molar-refractivity contribution in [2.45, 2.75) is 38.4 Å². The molecule has 1 aliphatic heterocycles. The largest absolute Gasteiger partial charge is 0.496 e. The van der Waals surface area contributed by atoms with Crippen LogP contribution in [-0.4, -0.2) is 55.2 Å². The maximum Gasteiger partial charge on any atom is 0.193 e. The number of nitrogens with zero attached hydrogens (tertiary/aromatic N) is 2. The van der Waals surface area contributed by atoms with Gasteiger partial charge in [0.05, 0.1) is 7.11 Å². The second-order valence-corrected chi connectivity index (χ2v) is 7.59. The average molecular weight is 477 g/mol. The van der Waals surface area contributed by atoms with Crippen LogP contribution >= 0.6 is 35.7 Å². The molecule has 2 atom stereocenters. The van der Waals surface area contributed by atoms with Crippen molar-refractivity contribution in [3.63, 3.8) is 0 Å². The van der Waals surface area contributed by atoms with Gasteiger partial charge in [-0.15, -0.1) is 24.0 Å². The van der Waals surface area contributed by atoms with Gasteiger partial charge in [0.25, 0.3) is 0 Å². The summed E-state index contributed by atoms with van der Waals surface area (Å²) in [6.45, 7) is 10.5. The molecule has 6 heteroatoms. The summed E-state index contributed by atoms with van der Waals surface area (Å²) >= 11 is 2.09. The molecular weight excluding hydrogens is 445 g/mol. The lowest BCUT2D eigenvalue weighted by molar-refractivity contribution is 0.403. The van der Waals surface area contributed by atoms with Gasteiger partial charge in [-0.2, -0.15) is 11.8 Å². The number of methoxy groups -OCH3 is 1. The molecule has 0 radical (unpaired) electrons. The highest BCUT2D eigenvalue weighted by Crippen LogP contribution is 2.26. The normalized spacial score (nSPS) is 19.1. The van der Waals surface area contributed by atoms with E-state index >= 15 is 0 Å².